The third-order valence-corrected chi connectivity index (χ3v) is 4.52. The summed E-state index contributed by atoms with van der Waals surface area (Å²) in [6, 6.07) is 8.61. The topological polar surface area (TPSA) is 76.7 Å². The van der Waals surface area contributed by atoms with Crippen LogP contribution in [0.2, 0.25) is 0 Å². The van der Waals surface area contributed by atoms with Crippen LogP contribution < -0.4 is 10.3 Å². The molecule has 0 amide bonds. The average molecular weight is 467 g/mol. The van der Waals surface area contributed by atoms with E-state index in [-0.39, 0.29) is 11.3 Å². The first-order valence-corrected chi connectivity index (χ1v) is 8.79. The van der Waals surface area contributed by atoms with E-state index in [1.807, 2.05) is 6.07 Å². The number of hydrogen-bond donors (Lipinski definition) is 1. The third kappa shape index (κ3) is 3.45. The van der Waals surface area contributed by atoms with Crippen LogP contribution in [-0.4, -0.2) is 28.1 Å². The monoisotopic (exact) mass is 465 g/mol. The molecule has 2 aromatic carbocycles. The molecule has 0 saturated heterocycles. The molecule has 3 aromatic rings. The van der Waals surface area contributed by atoms with Crippen molar-refractivity contribution in [2.45, 2.75) is 6.92 Å². The fourth-order valence-electron chi connectivity index (χ4n) is 2.36. The minimum Gasteiger partial charge on any atom is -0.504 e. The molecule has 1 aromatic heterocycles. The van der Waals surface area contributed by atoms with Gasteiger partial charge in [0.15, 0.2) is 11.5 Å². The molecule has 0 fully saturated rings. The normalized spacial score (nSPS) is 11.4. The molecule has 0 aliphatic carbocycles. The Bertz CT molecular complexity index is 1060. The van der Waals surface area contributed by atoms with E-state index in [0.717, 1.165) is 4.47 Å². The number of phenols is 1. The molecule has 25 heavy (non-hydrogen) atoms. The van der Waals surface area contributed by atoms with Gasteiger partial charge in [0.05, 0.1) is 24.2 Å². The van der Waals surface area contributed by atoms with E-state index < -0.39 is 0 Å². The Morgan fingerprint density at radius 3 is 2.72 bits per heavy atom. The summed E-state index contributed by atoms with van der Waals surface area (Å²) in [5.41, 5.74) is 0.720. The van der Waals surface area contributed by atoms with Gasteiger partial charge >= 0.3 is 0 Å². The fraction of sp³-hybridized carbons (Fsp3) is 0.118. The second-order valence-electron chi connectivity index (χ2n) is 5.23. The number of rotatable bonds is 3. The molecule has 0 atom stereocenters. The number of ether oxygens (including phenoxy) is 1. The Morgan fingerprint density at radius 1 is 1.24 bits per heavy atom. The summed E-state index contributed by atoms with van der Waals surface area (Å²) in [6.45, 7) is 1.70. The van der Waals surface area contributed by atoms with Crippen LogP contribution in [-0.2, 0) is 0 Å². The maximum absolute atomic E-state index is 12.7. The molecule has 0 bridgehead atoms. The minimum absolute atomic E-state index is 0.0587. The molecule has 8 heteroatoms. The van der Waals surface area contributed by atoms with Gasteiger partial charge in [0.2, 0.25) is 0 Å². The van der Waals surface area contributed by atoms with Gasteiger partial charge in [-0.3, -0.25) is 4.79 Å². The number of aromatic nitrogens is 2. The summed E-state index contributed by atoms with van der Waals surface area (Å²) in [5.74, 6) is 0.689. The van der Waals surface area contributed by atoms with Crippen molar-refractivity contribution >= 4 is 49.0 Å². The first-order valence-electron chi connectivity index (χ1n) is 7.20. The molecular formula is C17H13Br2N3O3. The number of hydrogen-bond acceptors (Lipinski definition) is 5. The highest BCUT2D eigenvalue weighted by Gasteiger charge is 2.10. The number of halogens is 2. The van der Waals surface area contributed by atoms with Crippen LogP contribution in [0.5, 0.6) is 11.5 Å². The predicted octanol–water partition coefficient (Wildman–Crippen LogP) is 3.83. The maximum atomic E-state index is 12.7. The lowest BCUT2D eigenvalue weighted by molar-refractivity contribution is 0.373. The van der Waals surface area contributed by atoms with Gasteiger partial charge in [-0.1, -0.05) is 31.9 Å². The summed E-state index contributed by atoms with van der Waals surface area (Å²) in [4.78, 5) is 17.1. The van der Waals surface area contributed by atoms with Gasteiger partial charge in [0, 0.05) is 14.5 Å². The van der Waals surface area contributed by atoms with Crippen LogP contribution in [0.3, 0.4) is 0 Å². The van der Waals surface area contributed by atoms with E-state index >= 15 is 0 Å². The first-order chi connectivity index (χ1) is 11.9. The summed E-state index contributed by atoms with van der Waals surface area (Å²) < 4.78 is 7.81. The van der Waals surface area contributed by atoms with Crippen molar-refractivity contribution in [2.75, 3.05) is 7.11 Å². The van der Waals surface area contributed by atoms with E-state index in [9.17, 15) is 9.90 Å². The van der Waals surface area contributed by atoms with Crippen molar-refractivity contribution in [2.24, 2.45) is 5.10 Å². The smallest absolute Gasteiger partial charge is 0.282 e. The van der Waals surface area contributed by atoms with E-state index in [2.05, 4.69) is 41.9 Å². The SMILES string of the molecule is COc1cc(Br)cc(C=Nn2c(C)nc3ccc(Br)cc3c2=O)c1O. The van der Waals surface area contributed by atoms with Crippen LogP contribution in [0.1, 0.15) is 11.4 Å². The molecule has 3 rings (SSSR count). The summed E-state index contributed by atoms with van der Waals surface area (Å²) in [6.07, 6.45) is 1.39. The number of benzene rings is 2. The number of nitrogens with zero attached hydrogens (tertiary/aromatic N) is 3. The van der Waals surface area contributed by atoms with Gasteiger partial charge in [-0.2, -0.15) is 9.78 Å². The van der Waals surface area contributed by atoms with Crippen molar-refractivity contribution in [3.8, 4) is 11.5 Å². The molecule has 128 valence electrons. The van der Waals surface area contributed by atoms with Crippen LogP contribution >= 0.6 is 31.9 Å². The van der Waals surface area contributed by atoms with Gasteiger partial charge in [-0.15, -0.1) is 0 Å². The molecular weight excluding hydrogens is 454 g/mol. The van der Waals surface area contributed by atoms with Crippen LogP contribution in [0, 0.1) is 6.92 Å². The standard InChI is InChI=1S/C17H13Br2N3O3/c1-9-21-14-4-3-11(18)6-13(14)17(24)22(9)20-8-10-5-12(19)7-15(25-2)16(10)23/h3-8,23H,1-2H3. The lowest BCUT2D eigenvalue weighted by atomic mass is 10.2. The zero-order chi connectivity index (χ0) is 18.1. The van der Waals surface area contributed by atoms with E-state index in [1.54, 1.807) is 31.2 Å². The summed E-state index contributed by atoms with van der Waals surface area (Å²) in [5, 5.41) is 14.8. The van der Waals surface area contributed by atoms with Gasteiger partial charge < -0.3 is 9.84 Å². The molecule has 0 aliphatic rings. The number of methoxy groups -OCH3 is 1. The molecule has 1 heterocycles. The molecule has 1 N–H and O–H groups in total. The minimum atomic E-state index is -0.290. The Morgan fingerprint density at radius 2 is 2.00 bits per heavy atom. The second-order valence-corrected chi connectivity index (χ2v) is 7.06. The van der Waals surface area contributed by atoms with Crippen LogP contribution in [0.4, 0.5) is 0 Å². The highest BCUT2D eigenvalue weighted by atomic mass is 79.9. The van der Waals surface area contributed by atoms with Gasteiger partial charge in [0.25, 0.3) is 5.56 Å². The van der Waals surface area contributed by atoms with Gasteiger partial charge in [-0.25, -0.2) is 4.98 Å². The molecule has 0 radical (unpaired) electrons. The van der Waals surface area contributed by atoms with Crippen molar-refractivity contribution in [3.63, 3.8) is 0 Å². The zero-order valence-electron chi connectivity index (χ0n) is 13.3. The van der Waals surface area contributed by atoms with E-state index in [4.69, 9.17) is 4.74 Å². The van der Waals surface area contributed by atoms with Crippen LogP contribution in [0.25, 0.3) is 10.9 Å². The van der Waals surface area contributed by atoms with Gasteiger partial charge in [-0.05, 0) is 37.3 Å². The lowest BCUT2D eigenvalue weighted by Crippen LogP contribution is -2.20. The van der Waals surface area contributed by atoms with Crippen molar-refractivity contribution in [1.82, 2.24) is 9.66 Å². The van der Waals surface area contributed by atoms with E-state index in [1.165, 1.54) is 18.0 Å². The molecule has 0 spiro atoms. The molecule has 0 aliphatic heterocycles. The zero-order valence-corrected chi connectivity index (χ0v) is 16.5. The molecule has 6 nitrogen and oxygen atoms in total. The fourth-order valence-corrected chi connectivity index (χ4v) is 3.18. The maximum Gasteiger partial charge on any atom is 0.282 e. The third-order valence-electron chi connectivity index (χ3n) is 3.57. The average Bonchev–Trinajstić information content (AvgIpc) is 2.58. The Kier molecular flexibility index (Phi) is 4.91. The van der Waals surface area contributed by atoms with Crippen molar-refractivity contribution < 1.29 is 9.84 Å². The summed E-state index contributed by atoms with van der Waals surface area (Å²) >= 11 is 6.70. The Balaban J connectivity index is 2.14. The Labute approximate surface area is 160 Å². The molecule has 0 unspecified atom stereocenters. The van der Waals surface area contributed by atoms with Crippen molar-refractivity contribution in [3.05, 3.63) is 61.0 Å². The highest BCUT2D eigenvalue weighted by molar-refractivity contribution is 9.10. The first kappa shape index (κ1) is 17.6. The van der Waals surface area contributed by atoms with E-state index in [0.29, 0.717) is 32.5 Å². The number of aromatic hydroxyl groups is 1. The second kappa shape index (κ2) is 6.97. The van der Waals surface area contributed by atoms with Crippen molar-refractivity contribution in [1.29, 1.82) is 0 Å². The number of aryl methyl sites for hydroxylation is 1. The lowest BCUT2D eigenvalue weighted by Gasteiger charge is -2.08. The predicted molar refractivity (Wildman–Crippen MR) is 104 cm³/mol. The van der Waals surface area contributed by atoms with Crippen LogP contribution in [0.15, 0.2) is 49.2 Å². The largest absolute Gasteiger partial charge is 0.504 e. The van der Waals surface area contributed by atoms with Gasteiger partial charge in [0.1, 0.15) is 5.82 Å². The summed E-state index contributed by atoms with van der Waals surface area (Å²) in [7, 11) is 1.46. The quantitative estimate of drug-likeness (QED) is 0.595. The number of fused-ring (bicyclic) bond motifs is 1. The molecule has 0 saturated carbocycles. The highest BCUT2D eigenvalue weighted by Crippen LogP contribution is 2.32. The Hall–Kier alpha value is -2.19. The number of phenolic OH excluding ortho intramolecular Hbond substituents is 1.